The number of hydrogen-bond donors (Lipinski definition) is 2. The van der Waals surface area contributed by atoms with E-state index in [9.17, 15) is 4.79 Å². The number of carbonyl (C=O) groups excluding carboxylic acids is 1. The van der Waals surface area contributed by atoms with Crippen molar-refractivity contribution in [2.75, 3.05) is 32.0 Å². The number of rotatable bonds is 3. The molecule has 0 spiro atoms. The van der Waals surface area contributed by atoms with Crippen molar-refractivity contribution in [2.24, 2.45) is 5.92 Å². The van der Waals surface area contributed by atoms with Crippen LogP contribution in [0, 0.1) is 5.92 Å². The molecule has 21 heavy (non-hydrogen) atoms. The van der Waals surface area contributed by atoms with Crippen LogP contribution in [0.3, 0.4) is 0 Å². The number of hydrogen-bond acceptors (Lipinski definition) is 5. The van der Waals surface area contributed by atoms with Crippen LogP contribution >= 0.6 is 0 Å². The number of carbonyl (C=O) groups is 1. The molecule has 2 aromatic heterocycles. The molecule has 3 atom stereocenters. The van der Waals surface area contributed by atoms with Crippen LogP contribution in [0.2, 0.25) is 0 Å². The van der Waals surface area contributed by atoms with Crippen molar-refractivity contribution in [3.8, 4) is 0 Å². The Hall–Kier alpha value is -2.08. The molecule has 2 fully saturated rings. The highest BCUT2D eigenvalue weighted by molar-refractivity contribution is 5.95. The molecule has 0 aliphatic carbocycles. The molecule has 4 rings (SSSR count). The Morgan fingerprint density at radius 2 is 2.33 bits per heavy atom. The molecule has 2 N–H and O–H groups in total. The summed E-state index contributed by atoms with van der Waals surface area (Å²) in [5, 5.41) is 6.94. The fourth-order valence-electron chi connectivity index (χ4n) is 3.37. The number of piperidine rings is 1. The number of pyridine rings is 1. The molecular weight excluding hydrogens is 268 g/mol. The molecule has 2 saturated heterocycles. The van der Waals surface area contributed by atoms with Gasteiger partial charge in [0, 0.05) is 49.9 Å². The normalized spacial score (nSPS) is 27.2. The van der Waals surface area contributed by atoms with Gasteiger partial charge in [-0.15, -0.1) is 0 Å². The van der Waals surface area contributed by atoms with Crippen molar-refractivity contribution in [1.29, 1.82) is 0 Å². The lowest BCUT2D eigenvalue weighted by Crippen LogP contribution is -2.43. The van der Waals surface area contributed by atoms with Gasteiger partial charge in [0.25, 0.3) is 5.91 Å². The van der Waals surface area contributed by atoms with E-state index in [0.717, 1.165) is 18.5 Å². The number of anilines is 1. The Morgan fingerprint density at radius 3 is 3.05 bits per heavy atom. The largest absolute Gasteiger partial charge is 0.441 e. The summed E-state index contributed by atoms with van der Waals surface area (Å²) in [6.07, 6.45) is 2.86. The zero-order chi connectivity index (χ0) is 14.4. The second kappa shape index (κ2) is 4.73. The van der Waals surface area contributed by atoms with Crippen molar-refractivity contribution in [3.63, 3.8) is 0 Å². The Morgan fingerprint density at radius 1 is 1.43 bits per heavy atom. The first kappa shape index (κ1) is 12.6. The molecular formula is C15H18N4O2. The van der Waals surface area contributed by atoms with Crippen LogP contribution in [-0.4, -0.2) is 48.5 Å². The minimum absolute atomic E-state index is 0.113. The summed E-state index contributed by atoms with van der Waals surface area (Å²) in [4.78, 5) is 19.0. The van der Waals surface area contributed by atoms with Gasteiger partial charge in [-0.2, -0.15) is 0 Å². The highest BCUT2D eigenvalue weighted by Gasteiger charge is 2.38. The van der Waals surface area contributed by atoms with E-state index in [1.165, 1.54) is 13.0 Å². The lowest BCUT2D eigenvalue weighted by Gasteiger charge is -2.22. The number of amides is 1. The van der Waals surface area contributed by atoms with Crippen LogP contribution in [-0.2, 0) is 0 Å². The van der Waals surface area contributed by atoms with Crippen molar-refractivity contribution in [3.05, 3.63) is 24.0 Å². The van der Waals surface area contributed by atoms with Gasteiger partial charge in [-0.25, -0.2) is 0 Å². The van der Waals surface area contributed by atoms with Crippen LogP contribution in [0.25, 0.3) is 11.0 Å². The monoisotopic (exact) mass is 286 g/mol. The molecule has 4 heterocycles. The summed E-state index contributed by atoms with van der Waals surface area (Å²) in [5.74, 6) is 1.15. The molecule has 2 bridgehead atoms. The van der Waals surface area contributed by atoms with E-state index in [0.29, 0.717) is 23.1 Å². The first-order chi connectivity index (χ1) is 10.2. The van der Waals surface area contributed by atoms with Crippen LogP contribution in [0.5, 0.6) is 0 Å². The van der Waals surface area contributed by atoms with E-state index in [2.05, 4.69) is 20.5 Å². The van der Waals surface area contributed by atoms with Gasteiger partial charge in [0.2, 0.25) is 0 Å². The molecule has 110 valence electrons. The molecule has 0 radical (unpaired) electrons. The minimum Gasteiger partial charge on any atom is -0.441 e. The van der Waals surface area contributed by atoms with E-state index in [-0.39, 0.29) is 11.9 Å². The standard InChI is InChI=1S/C15H18N4O2/c1-16-14-4-10-6-17-11(5-13(10)21-14)15(20)18-12-8-19-3-2-9(12)7-19/h4-6,9,12,16H,2-3,7-8H2,1H3,(H,18,20)/t9-,12?/m0/s1. The van der Waals surface area contributed by atoms with Crippen molar-refractivity contribution >= 4 is 22.8 Å². The van der Waals surface area contributed by atoms with Gasteiger partial charge in [0.1, 0.15) is 11.3 Å². The zero-order valence-electron chi connectivity index (χ0n) is 11.9. The Balaban J connectivity index is 1.53. The fraction of sp³-hybridized carbons (Fsp3) is 0.467. The van der Waals surface area contributed by atoms with Gasteiger partial charge in [-0.1, -0.05) is 0 Å². The van der Waals surface area contributed by atoms with Crippen LogP contribution < -0.4 is 10.6 Å². The van der Waals surface area contributed by atoms with Crippen LogP contribution in [0.4, 0.5) is 5.88 Å². The van der Waals surface area contributed by atoms with E-state index in [1.807, 2.05) is 6.07 Å². The molecule has 1 amide bonds. The van der Waals surface area contributed by atoms with Crippen LogP contribution in [0.1, 0.15) is 16.9 Å². The minimum atomic E-state index is -0.113. The molecule has 0 saturated carbocycles. The second-order valence-electron chi connectivity index (χ2n) is 5.86. The lowest BCUT2D eigenvalue weighted by molar-refractivity contribution is 0.0919. The third-order valence-corrected chi connectivity index (χ3v) is 4.53. The average molecular weight is 286 g/mol. The highest BCUT2D eigenvalue weighted by atomic mass is 16.3. The molecule has 0 aromatic carbocycles. The van der Waals surface area contributed by atoms with Gasteiger partial charge in [0.05, 0.1) is 0 Å². The number of furan rings is 1. The topological polar surface area (TPSA) is 70.4 Å². The van der Waals surface area contributed by atoms with E-state index < -0.39 is 0 Å². The molecule has 2 aliphatic rings. The highest BCUT2D eigenvalue weighted by Crippen LogP contribution is 2.28. The predicted molar refractivity (Wildman–Crippen MR) is 79.4 cm³/mol. The fourth-order valence-corrected chi connectivity index (χ4v) is 3.37. The number of fused-ring (bicyclic) bond motifs is 3. The smallest absolute Gasteiger partial charge is 0.270 e. The Labute approximate surface area is 122 Å². The van der Waals surface area contributed by atoms with Gasteiger partial charge in [0.15, 0.2) is 5.88 Å². The SMILES string of the molecule is CNc1cc2cnc(C(=O)NC3CN4CC[C@H]3C4)cc2o1. The van der Waals surface area contributed by atoms with E-state index >= 15 is 0 Å². The maximum atomic E-state index is 12.3. The maximum absolute atomic E-state index is 12.3. The first-order valence-electron chi connectivity index (χ1n) is 7.33. The molecule has 2 aliphatic heterocycles. The first-order valence-corrected chi connectivity index (χ1v) is 7.33. The zero-order valence-corrected chi connectivity index (χ0v) is 11.9. The van der Waals surface area contributed by atoms with Gasteiger partial charge in [-0.3, -0.25) is 9.78 Å². The van der Waals surface area contributed by atoms with Crippen LogP contribution in [0.15, 0.2) is 22.7 Å². The predicted octanol–water partition coefficient (Wildman–Crippen LogP) is 1.30. The summed E-state index contributed by atoms with van der Waals surface area (Å²) in [6, 6.07) is 3.83. The average Bonchev–Trinajstić information content (AvgIpc) is 3.20. The summed E-state index contributed by atoms with van der Waals surface area (Å²) < 4.78 is 5.59. The number of aromatic nitrogens is 1. The summed E-state index contributed by atoms with van der Waals surface area (Å²) in [7, 11) is 1.79. The number of nitrogens with one attached hydrogen (secondary N) is 2. The molecule has 6 heteroatoms. The second-order valence-corrected chi connectivity index (χ2v) is 5.86. The van der Waals surface area contributed by atoms with E-state index in [1.54, 1.807) is 19.3 Å². The summed E-state index contributed by atoms with van der Waals surface area (Å²) in [6.45, 7) is 3.24. The lowest BCUT2D eigenvalue weighted by atomic mass is 10.00. The quantitative estimate of drug-likeness (QED) is 0.890. The molecule has 2 aromatic rings. The maximum Gasteiger partial charge on any atom is 0.270 e. The van der Waals surface area contributed by atoms with Gasteiger partial charge < -0.3 is 20.0 Å². The Bertz CT molecular complexity index is 696. The molecule has 2 unspecified atom stereocenters. The van der Waals surface area contributed by atoms with Gasteiger partial charge >= 0.3 is 0 Å². The molecule has 6 nitrogen and oxygen atoms in total. The van der Waals surface area contributed by atoms with Crippen molar-refractivity contribution in [2.45, 2.75) is 12.5 Å². The van der Waals surface area contributed by atoms with Gasteiger partial charge in [-0.05, 0) is 18.9 Å². The Kier molecular flexibility index (Phi) is 2.85. The van der Waals surface area contributed by atoms with E-state index in [4.69, 9.17) is 4.42 Å². The summed E-state index contributed by atoms with van der Waals surface area (Å²) in [5.41, 5.74) is 1.09. The third kappa shape index (κ3) is 2.15. The summed E-state index contributed by atoms with van der Waals surface area (Å²) >= 11 is 0. The number of nitrogens with zero attached hydrogens (tertiary/aromatic N) is 2. The third-order valence-electron chi connectivity index (χ3n) is 4.53. The van der Waals surface area contributed by atoms with Crippen molar-refractivity contribution in [1.82, 2.24) is 15.2 Å². The van der Waals surface area contributed by atoms with Crippen molar-refractivity contribution < 1.29 is 9.21 Å².